The Hall–Kier alpha value is -9.64. The Labute approximate surface area is 431 Å². The fourth-order valence-electron chi connectivity index (χ4n) is 8.84. The van der Waals surface area contributed by atoms with Crippen LogP contribution in [0.5, 0.6) is 5.75 Å². The molecule has 0 spiro atoms. The van der Waals surface area contributed by atoms with Gasteiger partial charge in [0, 0.05) is 23.7 Å². The molecule has 7 aromatic carbocycles. The molecular formula is C58H52N6O11. The molecular weight excluding hydrogens is 957 g/mol. The molecule has 0 heterocycles. The van der Waals surface area contributed by atoms with Crippen molar-refractivity contribution in [2.75, 3.05) is 11.9 Å². The van der Waals surface area contributed by atoms with Gasteiger partial charge in [0.2, 0.25) is 23.6 Å². The number of nitrogens with one attached hydrogen (secondary N) is 5. The van der Waals surface area contributed by atoms with Gasteiger partial charge in [-0.1, -0.05) is 152 Å². The van der Waals surface area contributed by atoms with Crippen LogP contribution in [-0.2, 0) is 40.8 Å². The van der Waals surface area contributed by atoms with E-state index in [9.17, 15) is 38.9 Å². The molecule has 0 radical (unpaired) electrons. The molecule has 0 fully saturated rings. The molecule has 0 aromatic heterocycles. The van der Waals surface area contributed by atoms with Crippen LogP contribution in [0.4, 0.5) is 21.0 Å². The lowest BCUT2D eigenvalue weighted by Gasteiger charge is -2.37. The number of amides is 5. The first-order chi connectivity index (χ1) is 36.3. The van der Waals surface area contributed by atoms with Crippen molar-refractivity contribution in [2.45, 2.75) is 56.5 Å². The summed E-state index contributed by atoms with van der Waals surface area (Å²) in [5.74, 6) is -3.07. The van der Waals surface area contributed by atoms with Crippen LogP contribution in [0, 0.1) is 10.1 Å². The van der Waals surface area contributed by atoms with Gasteiger partial charge >= 0.3 is 12.2 Å². The topological polar surface area (TPSA) is 233 Å². The number of ether oxygens (including phenoxy) is 3. The Morgan fingerprint density at radius 1 is 0.573 bits per heavy atom. The average Bonchev–Trinajstić information content (AvgIpc) is 3.75. The number of nitrogens with zero attached hydrogens (tertiary/aromatic N) is 1. The third-order valence-corrected chi connectivity index (χ3v) is 12.6. The summed E-state index contributed by atoms with van der Waals surface area (Å²) in [6.45, 7) is 2.63. The van der Waals surface area contributed by atoms with E-state index < -0.39 is 70.9 Å². The van der Waals surface area contributed by atoms with Gasteiger partial charge in [-0.25, -0.2) is 9.59 Å². The summed E-state index contributed by atoms with van der Waals surface area (Å²) in [6, 6.07) is 51.0. The van der Waals surface area contributed by atoms with Gasteiger partial charge in [-0.2, -0.15) is 0 Å². The van der Waals surface area contributed by atoms with Crippen LogP contribution in [-0.4, -0.2) is 65.5 Å². The fraction of sp³-hybridized carbons (Fsp3) is 0.172. The van der Waals surface area contributed by atoms with Crippen LogP contribution in [0.3, 0.4) is 0 Å². The van der Waals surface area contributed by atoms with Crippen LogP contribution in [0.1, 0.15) is 59.6 Å². The molecule has 0 saturated carbocycles. The van der Waals surface area contributed by atoms with Gasteiger partial charge in [0.1, 0.15) is 42.6 Å². The van der Waals surface area contributed by atoms with Crippen LogP contribution in [0.2, 0.25) is 0 Å². The van der Waals surface area contributed by atoms with Crippen molar-refractivity contribution in [3.8, 4) is 16.9 Å². The van der Waals surface area contributed by atoms with Crippen molar-refractivity contribution in [3.63, 3.8) is 0 Å². The number of fused-ring (bicyclic) bond motifs is 3. The van der Waals surface area contributed by atoms with Crippen molar-refractivity contribution in [1.82, 2.24) is 21.3 Å². The second-order valence-electron chi connectivity index (χ2n) is 17.7. The van der Waals surface area contributed by atoms with Crippen LogP contribution < -0.4 is 31.3 Å². The van der Waals surface area contributed by atoms with E-state index >= 15 is 0 Å². The molecule has 7 aromatic rings. The Morgan fingerprint density at radius 3 is 1.60 bits per heavy atom. The minimum absolute atomic E-state index is 0.0238. The van der Waals surface area contributed by atoms with Gasteiger partial charge < -0.3 is 40.8 Å². The van der Waals surface area contributed by atoms with Crippen molar-refractivity contribution >= 4 is 47.3 Å². The Morgan fingerprint density at radius 2 is 1.07 bits per heavy atom. The molecule has 3 atom stereocenters. The number of anilines is 1. The van der Waals surface area contributed by atoms with Crippen LogP contribution >= 0.6 is 0 Å². The maximum absolute atomic E-state index is 14.6. The maximum atomic E-state index is 14.6. The van der Waals surface area contributed by atoms with E-state index in [1.54, 1.807) is 12.1 Å². The number of non-ortho nitro benzene ring substituents is 1. The standard InChI is InChI=1S/C58H52N6O11/c1-37(59-53(66)38(2)60-56(69)73-36-50-48-24-14-12-22-46(48)47-23-13-15-25-49(47)50)54(67)62-51(55(68)61-43-28-26-39(27-29-43)35-74-57(70)75-45-32-30-44(31-33-45)64(71)72)34-52(65)63-58(40-16-6-3-7-17-40,41-18-8-4-9-19-41)42-20-10-5-11-21-42/h3-33,37-38,50-51H,34-36H2,1-2H3,(H,59,66)(H,60,69)(H,61,68)(H,62,67)(H,63,65)/t37-,38-,51-/m0/s1. The first kappa shape index (κ1) is 51.7. The molecule has 0 bridgehead atoms. The Bertz CT molecular complexity index is 3030. The molecule has 75 heavy (non-hydrogen) atoms. The normalized spacial score (nSPS) is 12.8. The van der Waals surface area contributed by atoms with Crippen molar-refractivity contribution in [1.29, 1.82) is 0 Å². The summed E-state index contributed by atoms with van der Waals surface area (Å²) in [4.78, 5) is 92.1. The third kappa shape index (κ3) is 12.5. The number of benzene rings is 7. The Kier molecular flexibility index (Phi) is 16.4. The predicted molar refractivity (Wildman–Crippen MR) is 278 cm³/mol. The molecule has 1 aliphatic rings. The minimum Gasteiger partial charge on any atom is -0.449 e. The van der Waals surface area contributed by atoms with Crippen molar-refractivity contribution in [2.24, 2.45) is 0 Å². The van der Waals surface area contributed by atoms with Gasteiger partial charge in [0.05, 0.1) is 11.3 Å². The van der Waals surface area contributed by atoms with E-state index in [-0.39, 0.29) is 36.3 Å². The lowest BCUT2D eigenvalue weighted by Crippen LogP contribution is -2.56. The highest BCUT2D eigenvalue weighted by Crippen LogP contribution is 2.44. The minimum atomic E-state index is -1.51. The van der Waals surface area contributed by atoms with E-state index in [1.807, 2.05) is 140 Å². The smallest absolute Gasteiger partial charge is 0.449 e. The summed E-state index contributed by atoms with van der Waals surface area (Å²) in [5, 5.41) is 24.7. The second-order valence-corrected chi connectivity index (χ2v) is 17.7. The van der Waals surface area contributed by atoms with Gasteiger partial charge in [0.25, 0.3) is 5.69 Å². The lowest BCUT2D eigenvalue weighted by molar-refractivity contribution is -0.384. The number of rotatable bonds is 19. The van der Waals surface area contributed by atoms with E-state index in [1.165, 1.54) is 50.2 Å². The zero-order valence-electron chi connectivity index (χ0n) is 40.8. The van der Waals surface area contributed by atoms with E-state index in [2.05, 4.69) is 26.6 Å². The van der Waals surface area contributed by atoms with Crippen molar-refractivity contribution in [3.05, 3.63) is 232 Å². The SMILES string of the molecule is C[C@H](NC(=O)OCC1c2ccccc2-c2ccccc21)C(=O)N[C@@H](C)C(=O)N[C@@H](CC(=O)NC(c1ccccc1)(c1ccccc1)c1ccccc1)C(=O)Nc1ccc(COC(=O)Oc2ccc([N+](=O)[O-])cc2)cc1. The average molecular weight is 1010 g/mol. The summed E-state index contributed by atoms with van der Waals surface area (Å²) < 4.78 is 15.9. The number of carbonyl (C=O) groups is 6. The highest BCUT2D eigenvalue weighted by molar-refractivity contribution is 6.01. The monoisotopic (exact) mass is 1010 g/mol. The summed E-state index contributed by atoms with van der Waals surface area (Å²) in [5.41, 5.74) is 5.67. The van der Waals surface area contributed by atoms with Crippen LogP contribution in [0.25, 0.3) is 11.1 Å². The number of hydrogen-bond donors (Lipinski definition) is 5. The molecule has 8 rings (SSSR count). The molecule has 17 heteroatoms. The van der Waals surface area contributed by atoms with E-state index in [4.69, 9.17) is 14.2 Å². The first-order valence-electron chi connectivity index (χ1n) is 24.0. The number of hydrogen-bond acceptors (Lipinski definition) is 11. The second kappa shape index (κ2) is 23.7. The quantitative estimate of drug-likeness (QED) is 0.0169. The van der Waals surface area contributed by atoms with Gasteiger partial charge in [-0.05, 0) is 82.6 Å². The summed E-state index contributed by atoms with van der Waals surface area (Å²) in [6.07, 6.45) is -2.45. The van der Waals surface area contributed by atoms with Crippen LogP contribution in [0.15, 0.2) is 188 Å². The molecule has 17 nitrogen and oxygen atoms in total. The maximum Gasteiger partial charge on any atom is 0.514 e. The predicted octanol–water partition coefficient (Wildman–Crippen LogP) is 8.66. The fourth-order valence-corrected chi connectivity index (χ4v) is 8.84. The highest BCUT2D eigenvalue weighted by atomic mass is 16.7. The zero-order valence-corrected chi connectivity index (χ0v) is 40.8. The largest absolute Gasteiger partial charge is 0.514 e. The van der Waals surface area contributed by atoms with Gasteiger partial charge in [0.15, 0.2) is 0 Å². The lowest BCUT2D eigenvalue weighted by atomic mass is 9.77. The molecule has 0 unspecified atom stereocenters. The van der Waals surface area contributed by atoms with E-state index in [0.29, 0.717) is 5.56 Å². The molecule has 0 aliphatic heterocycles. The van der Waals surface area contributed by atoms with Gasteiger partial charge in [-0.15, -0.1) is 0 Å². The van der Waals surface area contributed by atoms with Gasteiger partial charge in [-0.3, -0.25) is 29.3 Å². The summed E-state index contributed by atoms with van der Waals surface area (Å²) in [7, 11) is 0. The van der Waals surface area contributed by atoms with Crippen molar-refractivity contribution < 1.29 is 47.9 Å². The number of alkyl carbamates (subject to hydrolysis) is 1. The first-order valence-corrected chi connectivity index (χ1v) is 24.0. The molecule has 1 aliphatic carbocycles. The molecule has 5 N–H and O–H groups in total. The highest BCUT2D eigenvalue weighted by Gasteiger charge is 2.39. The molecule has 380 valence electrons. The molecule has 5 amide bonds. The molecule has 0 saturated heterocycles. The van der Waals surface area contributed by atoms with E-state index in [0.717, 1.165) is 38.9 Å². The number of carbonyl (C=O) groups excluding carboxylic acids is 6. The zero-order chi connectivity index (χ0) is 52.9. The number of nitro benzene ring substituents is 1. The third-order valence-electron chi connectivity index (χ3n) is 12.6. The summed E-state index contributed by atoms with van der Waals surface area (Å²) >= 11 is 0. The Balaban J connectivity index is 0.944. The number of nitro groups is 1.